The van der Waals surface area contributed by atoms with Crippen molar-refractivity contribution >= 4 is 0 Å². The third kappa shape index (κ3) is 3.07. The molecule has 0 amide bonds. The number of benzene rings is 2. The molecule has 2 aromatic carbocycles. The van der Waals surface area contributed by atoms with E-state index < -0.39 is 0 Å². The number of aromatic nitrogens is 1. The van der Waals surface area contributed by atoms with Gasteiger partial charge in [-0.25, -0.2) is 0 Å². The van der Waals surface area contributed by atoms with Crippen LogP contribution in [0.5, 0.6) is 11.5 Å². The van der Waals surface area contributed by atoms with E-state index in [9.17, 15) is 0 Å². The average Bonchev–Trinajstić information content (AvgIpc) is 3.23. The second-order valence-electron chi connectivity index (χ2n) is 8.15. The van der Waals surface area contributed by atoms with Crippen molar-refractivity contribution in [2.75, 3.05) is 19.9 Å². The minimum atomic E-state index is 0.331. The smallest absolute Gasteiger partial charge is 0.231 e. The summed E-state index contributed by atoms with van der Waals surface area (Å²) in [7, 11) is 0. The van der Waals surface area contributed by atoms with E-state index in [4.69, 9.17) is 9.47 Å². The van der Waals surface area contributed by atoms with Crippen LogP contribution in [0.1, 0.15) is 17.0 Å². The summed E-state index contributed by atoms with van der Waals surface area (Å²) in [4.78, 5) is 6.77. The van der Waals surface area contributed by atoms with Crippen LogP contribution in [-0.4, -0.2) is 41.9 Å². The highest BCUT2D eigenvalue weighted by molar-refractivity contribution is 5.62. The first-order valence-electron chi connectivity index (χ1n) is 10.2. The van der Waals surface area contributed by atoms with E-state index in [1.54, 1.807) is 0 Å². The summed E-state index contributed by atoms with van der Waals surface area (Å²) < 4.78 is 10.9. The quantitative estimate of drug-likeness (QED) is 0.746. The standard InChI is InChI=1S/C24H23N3O2/c1-2-19(11-25-9-1)17-4-6-18(7-5-17)24-20-13-27(14-21(24)26-20)12-16-3-8-22-23(10-16)29-15-28-22/h1-11,20-21,24,26H,12-15H2/t20-,21+,24?. The minimum Gasteiger partial charge on any atom is -0.454 e. The third-order valence-electron chi connectivity index (χ3n) is 6.34. The van der Waals surface area contributed by atoms with E-state index in [0.29, 0.717) is 24.8 Å². The van der Waals surface area contributed by atoms with Gasteiger partial charge < -0.3 is 14.8 Å². The molecule has 3 aromatic rings. The average molecular weight is 385 g/mol. The van der Waals surface area contributed by atoms with Gasteiger partial charge in [0.15, 0.2) is 11.5 Å². The van der Waals surface area contributed by atoms with Crippen molar-refractivity contribution in [3.8, 4) is 22.6 Å². The number of piperidine rings is 1. The van der Waals surface area contributed by atoms with Crippen molar-refractivity contribution in [1.82, 2.24) is 15.2 Å². The lowest BCUT2D eigenvalue weighted by Crippen LogP contribution is -2.71. The first-order valence-corrected chi connectivity index (χ1v) is 10.2. The number of hydrogen-bond donors (Lipinski definition) is 1. The lowest BCUT2D eigenvalue weighted by molar-refractivity contribution is 0.0470. The highest BCUT2D eigenvalue weighted by Gasteiger charge is 2.46. The summed E-state index contributed by atoms with van der Waals surface area (Å²) in [6, 6.07) is 20.5. The van der Waals surface area contributed by atoms with Gasteiger partial charge in [-0.3, -0.25) is 9.88 Å². The summed E-state index contributed by atoms with van der Waals surface area (Å²) in [6.07, 6.45) is 3.73. The van der Waals surface area contributed by atoms with Crippen LogP contribution in [0, 0.1) is 0 Å². The number of nitrogens with zero attached hydrogens (tertiary/aromatic N) is 2. The fourth-order valence-corrected chi connectivity index (χ4v) is 4.93. The topological polar surface area (TPSA) is 46.6 Å². The summed E-state index contributed by atoms with van der Waals surface area (Å²) in [5, 5.41) is 3.74. The van der Waals surface area contributed by atoms with Gasteiger partial charge in [0.05, 0.1) is 0 Å². The number of nitrogens with one attached hydrogen (secondary N) is 1. The lowest BCUT2D eigenvalue weighted by atomic mass is 9.74. The van der Waals surface area contributed by atoms with Crippen molar-refractivity contribution < 1.29 is 9.47 Å². The second-order valence-corrected chi connectivity index (χ2v) is 8.15. The van der Waals surface area contributed by atoms with Crippen LogP contribution in [0.25, 0.3) is 11.1 Å². The Bertz CT molecular complexity index is 1010. The lowest BCUT2D eigenvalue weighted by Gasteiger charge is -2.55. The van der Waals surface area contributed by atoms with Crippen LogP contribution in [0.3, 0.4) is 0 Å². The first-order chi connectivity index (χ1) is 14.3. The maximum Gasteiger partial charge on any atom is 0.231 e. The fraction of sp³-hybridized carbons (Fsp3) is 0.292. The summed E-state index contributed by atoms with van der Waals surface area (Å²) in [5.74, 6) is 2.33. The zero-order valence-electron chi connectivity index (χ0n) is 16.1. The Balaban J connectivity index is 1.13. The van der Waals surface area contributed by atoms with Crippen LogP contribution in [0.2, 0.25) is 0 Å². The second kappa shape index (κ2) is 6.87. The number of rotatable bonds is 4. The SMILES string of the molecule is c1cncc(-c2ccc(C3[C@@H]4CN(Cc5ccc6c(c5)OCO6)C[C@H]3N4)cc2)c1. The van der Waals surface area contributed by atoms with Crippen LogP contribution in [0.15, 0.2) is 67.0 Å². The largest absolute Gasteiger partial charge is 0.454 e. The summed E-state index contributed by atoms with van der Waals surface area (Å²) >= 11 is 0. The first kappa shape index (κ1) is 17.0. The number of hydrogen-bond acceptors (Lipinski definition) is 5. The molecule has 0 saturated carbocycles. The monoisotopic (exact) mass is 385 g/mol. The molecule has 0 aliphatic carbocycles. The molecule has 5 nitrogen and oxygen atoms in total. The van der Waals surface area contributed by atoms with Crippen LogP contribution < -0.4 is 14.8 Å². The molecule has 4 aliphatic rings. The van der Waals surface area contributed by atoms with E-state index >= 15 is 0 Å². The van der Waals surface area contributed by atoms with Gasteiger partial charge >= 0.3 is 0 Å². The van der Waals surface area contributed by atoms with Gasteiger partial charge in [0.1, 0.15) is 0 Å². The van der Waals surface area contributed by atoms with Crippen LogP contribution >= 0.6 is 0 Å². The molecule has 0 spiro atoms. The molecule has 3 fully saturated rings. The van der Waals surface area contributed by atoms with Gasteiger partial charge in [0, 0.05) is 50.0 Å². The van der Waals surface area contributed by atoms with Gasteiger partial charge in [-0.2, -0.15) is 0 Å². The van der Waals surface area contributed by atoms with Crippen molar-refractivity contribution in [2.45, 2.75) is 24.5 Å². The van der Waals surface area contributed by atoms with E-state index in [0.717, 1.165) is 31.1 Å². The van der Waals surface area contributed by atoms with Gasteiger partial charge in [0.2, 0.25) is 6.79 Å². The number of pyridine rings is 1. The highest BCUT2D eigenvalue weighted by atomic mass is 16.7. The highest BCUT2D eigenvalue weighted by Crippen LogP contribution is 2.38. The van der Waals surface area contributed by atoms with Gasteiger partial charge in [-0.05, 0) is 40.5 Å². The van der Waals surface area contributed by atoms with Gasteiger partial charge in [-0.1, -0.05) is 36.4 Å². The normalized spacial score (nSPS) is 24.9. The molecule has 3 atom stereocenters. The molecular weight excluding hydrogens is 362 g/mol. The zero-order chi connectivity index (χ0) is 19.2. The number of piperazine rings is 1. The van der Waals surface area contributed by atoms with Crippen molar-refractivity contribution in [1.29, 1.82) is 0 Å². The van der Waals surface area contributed by atoms with E-state index in [1.165, 1.54) is 22.3 Å². The van der Waals surface area contributed by atoms with Crippen molar-refractivity contribution in [2.24, 2.45) is 0 Å². The Morgan fingerprint density at radius 3 is 2.55 bits per heavy atom. The molecule has 1 unspecified atom stereocenters. The maximum atomic E-state index is 5.52. The third-order valence-corrected chi connectivity index (χ3v) is 6.34. The Hall–Kier alpha value is -2.89. The number of ether oxygens (including phenoxy) is 2. The van der Waals surface area contributed by atoms with Gasteiger partial charge in [-0.15, -0.1) is 0 Å². The molecular formula is C24H23N3O2. The zero-order valence-corrected chi connectivity index (χ0v) is 16.1. The number of fused-ring (bicyclic) bond motifs is 3. The van der Waals surface area contributed by atoms with Gasteiger partial charge in [0.25, 0.3) is 0 Å². The predicted octanol–water partition coefficient (Wildman–Crippen LogP) is 3.42. The molecule has 3 saturated heterocycles. The molecule has 7 rings (SSSR count). The molecule has 2 bridgehead atoms. The Morgan fingerprint density at radius 1 is 0.931 bits per heavy atom. The Labute approximate surface area is 170 Å². The van der Waals surface area contributed by atoms with E-state index in [2.05, 4.69) is 57.7 Å². The van der Waals surface area contributed by atoms with Crippen molar-refractivity contribution in [3.05, 3.63) is 78.1 Å². The predicted molar refractivity (Wildman–Crippen MR) is 111 cm³/mol. The molecule has 1 N–H and O–H groups in total. The molecule has 146 valence electrons. The van der Waals surface area contributed by atoms with E-state index in [-0.39, 0.29) is 0 Å². The van der Waals surface area contributed by atoms with E-state index in [1.807, 2.05) is 24.5 Å². The fourth-order valence-electron chi connectivity index (χ4n) is 4.93. The van der Waals surface area contributed by atoms with Crippen molar-refractivity contribution in [3.63, 3.8) is 0 Å². The Kier molecular flexibility index (Phi) is 4.03. The molecule has 1 aromatic heterocycles. The summed E-state index contributed by atoms with van der Waals surface area (Å²) in [5.41, 5.74) is 5.12. The molecule has 29 heavy (non-hydrogen) atoms. The summed E-state index contributed by atoms with van der Waals surface area (Å²) in [6.45, 7) is 3.43. The Morgan fingerprint density at radius 2 is 1.76 bits per heavy atom. The van der Waals surface area contributed by atoms with Crippen LogP contribution in [-0.2, 0) is 6.54 Å². The van der Waals surface area contributed by atoms with Crippen LogP contribution in [0.4, 0.5) is 0 Å². The maximum absolute atomic E-state index is 5.52. The molecule has 4 aliphatic heterocycles. The molecule has 5 heterocycles. The molecule has 5 heteroatoms. The molecule has 0 radical (unpaired) electrons. The minimum absolute atomic E-state index is 0.331.